The van der Waals surface area contributed by atoms with Crippen molar-refractivity contribution in [2.24, 2.45) is 12.2 Å². The number of imidazole rings is 1. The molecule has 146 valence electrons. The lowest BCUT2D eigenvalue weighted by molar-refractivity contribution is 0.481. The highest BCUT2D eigenvalue weighted by Gasteiger charge is 2.11. The minimum atomic E-state index is -0.356. The molecule has 0 saturated heterocycles. The Bertz CT molecular complexity index is 1210. The lowest BCUT2D eigenvalue weighted by Crippen LogP contribution is -1.99. The van der Waals surface area contributed by atoms with Crippen molar-refractivity contribution in [1.82, 2.24) is 14.5 Å². The van der Waals surface area contributed by atoms with Crippen molar-refractivity contribution >= 4 is 38.6 Å². The second-order valence-corrected chi connectivity index (χ2v) is 7.13. The fourth-order valence-corrected chi connectivity index (χ4v) is 3.11. The zero-order chi connectivity index (χ0) is 20.4. The van der Waals surface area contributed by atoms with Gasteiger partial charge in [-0.3, -0.25) is 4.98 Å². The summed E-state index contributed by atoms with van der Waals surface area (Å²) >= 11 is 3.14. The summed E-state index contributed by atoms with van der Waals surface area (Å²) in [6, 6.07) is 13.7. The zero-order valence-corrected chi connectivity index (χ0v) is 16.9. The van der Waals surface area contributed by atoms with Crippen molar-refractivity contribution in [2.45, 2.75) is 6.54 Å². The molecular weight excluding hydrogens is 441 g/mol. The fourth-order valence-electron chi connectivity index (χ4n) is 2.87. The van der Waals surface area contributed by atoms with Gasteiger partial charge in [0, 0.05) is 31.1 Å². The standard InChI is InChI=1S/C20H15BrFN5O2/c1-27-19-5-3-14(29-15-6-7-23-13(8-15)11-24-28)10-18(19)26-20(27)25-12-2-4-16(21)17(22)9-12/h2-10H,11H2,1H3,(H,25,26). The quantitative estimate of drug-likeness (QED) is 0.378. The number of aromatic nitrogens is 3. The number of hydrogen-bond donors (Lipinski definition) is 1. The summed E-state index contributed by atoms with van der Waals surface area (Å²) in [5.41, 5.74) is 2.73. The summed E-state index contributed by atoms with van der Waals surface area (Å²) in [6.45, 7) is -0.0117. The molecule has 7 nitrogen and oxygen atoms in total. The van der Waals surface area contributed by atoms with Crippen LogP contribution in [-0.2, 0) is 13.6 Å². The van der Waals surface area contributed by atoms with Crippen molar-refractivity contribution in [2.75, 3.05) is 5.32 Å². The number of anilines is 2. The normalized spacial score (nSPS) is 10.9. The first kappa shape index (κ1) is 19.0. The van der Waals surface area contributed by atoms with Crippen molar-refractivity contribution < 1.29 is 9.13 Å². The van der Waals surface area contributed by atoms with E-state index in [2.05, 4.69) is 36.4 Å². The van der Waals surface area contributed by atoms with Gasteiger partial charge in [-0.25, -0.2) is 9.37 Å². The van der Waals surface area contributed by atoms with E-state index < -0.39 is 0 Å². The number of halogens is 2. The first-order valence-electron chi connectivity index (χ1n) is 8.64. The lowest BCUT2D eigenvalue weighted by atomic mass is 10.3. The maximum absolute atomic E-state index is 13.8. The molecule has 2 aromatic carbocycles. The van der Waals surface area contributed by atoms with Gasteiger partial charge in [0.15, 0.2) is 0 Å². The van der Waals surface area contributed by atoms with E-state index in [-0.39, 0.29) is 12.4 Å². The molecule has 2 heterocycles. The number of pyridine rings is 1. The topological polar surface area (TPSA) is 81.4 Å². The minimum absolute atomic E-state index is 0.0117. The molecule has 29 heavy (non-hydrogen) atoms. The second kappa shape index (κ2) is 7.96. The second-order valence-electron chi connectivity index (χ2n) is 6.27. The van der Waals surface area contributed by atoms with Crippen molar-refractivity contribution in [3.63, 3.8) is 0 Å². The van der Waals surface area contributed by atoms with Crippen LogP contribution in [-0.4, -0.2) is 14.5 Å². The summed E-state index contributed by atoms with van der Waals surface area (Å²) < 4.78 is 21.9. The molecule has 9 heteroatoms. The van der Waals surface area contributed by atoms with Gasteiger partial charge in [0.05, 0.1) is 21.2 Å². The highest BCUT2D eigenvalue weighted by molar-refractivity contribution is 9.10. The van der Waals surface area contributed by atoms with E-state index in [0.29, 0.717) is 38.8 Å². The number of benzene rings is 2. The predicted molar refractivity (Wildman–Crippen MR) is 112 cm³/mol. The van der Waals surface area contributed by atoms with Crippen LogP contribution in [0.2, 0.25) is 0 Å². The number of nitrogens with one attached hydrogen (secondary N) is 1. The molecule has 2 aromatic heterocycles. The third-order valence-corrected chi connectivity index (χ3v) is 4.92. The van der Waals surface area contributed by atoms with E-state index >= 15 is 0 Å². The Balaban J connectivity index is 1.60. The number of nitrogens with zero attached hydrogens (tertiary/aromatic N) is 4. The lowest BCUT2D eigenvalue weighted by Gasteiger charge is -2.07. The first-order chi connectivity index (χ1) is 14.0. The van der Waals surface area contributed by atoms with E-state index in [1.165, 1.54) is 6.07 Å². The zero-order valence-electron chi connectivity index (χ0n) is 15.3. The number of hydrogen-bond acceptors (Lipinski definition) is 6. The number of ether oxygens (including phenoxy) is 1. The van der Waals surface area contributed by atoms with Crippen LogP contribution in [0.25, 0.3) is 11.0 Å². The number of rotatable bonds is 6. The van der Waals surface area contributed by atoms with Crippen molar-refractivity contribution in [1.29, 1.82) is 0 Å². The molecule has 1 N–H and O–H groups in total. The van der Waals surface area contributed by atoms with Gasteiger partial charge in [-0.15, -0.1) is 0 Å². The van der Waals surface area contributed by atoms with Crippen LogP contribution in [0, 0.1) is 10.7 Å². The molecule has 0 saturated carbocycles. The van der Waals surface area contributed by atoms with Gasteiger partial charge in [0.2, 0.25) is 5.95 Å². The van der Waals surface area contributed by atoms with Crippen molar-refractivity contribution in [3.05, 3.63) is 75.6 Å². The smallest absolute Gasteiger partial charge is 0.208 e. The van der Waals surface area contributed by atoms with Crippen LogP contribution in [0.4, 0.5) is 16.0 Å². The van der Waals surface area contributed by atoms with Gasteiger partial charge in [0.1, 0.15) is 23.9 Å². The van der Waals surface area contributed by atoms with Gasteiger partial charge in [0.25, 0.3) is 0 Å². The molecule has 0 aliphatic rings. The van der Waals surface area contributed by atoms with Gasteiger partial charge < -0.3 is 14.6 Å². The Morgan fingerprint density at radius 3 is 2.79 bits per heavy atom. The molecule has 0 unspecified atom stereocenters. The van der Waals surface area contributed by atoms with Crippen LogP contribution in [0.3, 0.4) is 0 Å². The van der Waals surface area contributed by atoms with Crippen LogP contribution < -0.4 is 10.1 Å². The van der Waals surface area contributed by atoms with Gasteiger partial charge in [-0.1, -0.05) is 5.18 Å². The van der Waals surface area contributed by atoms with E-state index in [0.717, 1.165) is 5.52 Å². The Labute approximate surface area is 173 Å². The minimum Gasteiger partial charge on any atom is -0.457 e. The third-order valence-electron chi connectivity index (χ3n) is 4.28. The third kappa shape index (κ3) is 4.09. The molecule has 0 fully saturated rings. The molecule has 0 bridgehead atoms. The summed E-state index contributed by atoms with van der Waals surface area (Å²) in [4.78, 5) is 19.1. The highest BCUT2D eigenvalue weighted by Crippen LogP contribution is 2.29. The Morgan fingerprint density at radius 1 is 1.17 bits per heavy atom. The molecule has 0 aliphatic heterocycles. The summed E-state index contributed by atoms with van der Waals surface area (Å²) in [6.07, 6.45) is 1.56. The largest absolute Gasteiger partial charge is 0.457 e. The Morgan fingerprint density at radius 2 is 2.00 bits per heavy atom. The summed E-state index contributed by atoms with van der Waals surface area (Å²) in [7, 11) is 1.87. The molecule has 4 aromatic rings. The maximum Gasteiger partial charge on any atom is 0.208 e. The van der Waals surface area contributed by atoms with E-state index in [4.69, 9.17) is 4.74 Å². The molecule has 0 spiro atoms. The van der Waals surface area contributed by atoms with Crippen LogP contribution in [0.15, 0.2) is 64.4 Å². The van der Waals surface area contributed by atoms with Crippen LogP contribution in [0.5, 0.6) is 11.5 Å². The first-order valence-corrected chi connectivity index (χ1v) is 9.43. The van der Waals surface area contributed by atoms with E-state index in [9.17, 15) is 9.30 Å². The molecular formula is C20H15BrFN5O2. The molecule has 0 amide bonds. The SMILES string of the molecule is Cn1c(Nc2ccc(Br)c(F)c2)nc2cc(Oc3ccnc(CN=O)c3)ccc21. The number of fused-ring (bicyclic) bond motifs is 1. The predicted octanol–water partition coefficient (Wildman–Crippen LogP) is 5.67. The fraction of sp³-hybridized carbons (Fsp3) is 0.100. The average Bonchev–Trinajstić information content (AvgIpc) is 3.00. The molecule has 0 radical (unpaired) electrons. The van der Waals surface area contributed by atoms with Gasteiger partial charge in [-0.05, 0) is 52.3 Å². The average molecular weight is 456 g/mol. The maximum atomic E-state index is 13.8. The summed E-state index contributed by atoms with van der Waals surface area (Å²) in [5.74, 6) is 1.36. The van der Waals surface area contributed by atoms with E-state index in [1.807, 2.05) is 23.7 Å². The van der Waals surface area contributed by atoms with Gasteiger partial charge in [-0.2, -0.15) is 4.91 Å². The number of nitroso groups, excluding NO2 is 1. The Kier molecular flexibility index (Phi) is 5.22. The van der Waals surface area contributed by atoms with Crippen LogP contribution in [0.1, 0.15) is 5.69 Å². The van der Waals surface area contributed by atoms with E-state index in [1.54, 1.807) is 36.5 Å². The molecule has 0 aliphatic carbocycles. The van der Waals surface area contributed by atoms with Crippen LogP contribution >= 0.6 is 15.9 Å². The molecule has 0 atom stereocenters. The monoisotopic (exact) mass is 455 g/mol. The summed E-state index contributed by atoms with van der Waals surface area (Å²) in [5, 5.41) is 5.96. The molecule has 4 rings (SSSR count). The van der Waals surface area contributed by atoms with Crippen molar-refractivity contribution in [3.8, 4) is 11.5 Å². The van der Waals surface area contributed by atoms with Gasteiger partial charge >= 0.3 is 0 Å². The highest BCUT2D eigenvalue weighted by atomic mass is 79.9. The number of aryl methyl sites for hydroxylation is 1. The Hall–Kier alpha value is -3.33.